The van der Waals surface area contributed by atoms with Gasteiger partial charge in [-0.15, -0.1) is 0 Å². The van der Waals surface area contributed by atoms with Gasteiger partial charge >= 0.3 is 5.91 Å². The molecule has 0 bridgehead atoms. The highest BCUT2D eigenvalue weighted by atomic mass is 19.1. The Labute approximate surface area is 175 Å². The molecule has 0 aliphatic carbocycles. The summed E-state index contributed by atoms with van der Waals surface area (Å²) < 4.78 is 13.5. The number of Topliss-reactive ketones (excluding diaryl/α,β-unsaturated/α-hetero) is 1. The summed E-state index contributed by atoms with van der Waals surface area (Å²) in [4.78, 5) is 41.3. The number of nitrogens with zero attached hydrogens (tertiary/aromatic N) is 3. The van der Waals surface area contributed by atoms with Crippen LogP contribution in [0.3, 0.4) is 0 Å². The van der Waals surface area contributed by atoms with Crippen molar-refractivity contribution >= 4 is 29.0 Å². The molecule has 2 aromatic carbocycles. The summed E-state index contributed by atoms with van der Waals surface area (Å²) in [5, 5.41) is 21.8. The molecule has 2 heterocycles. The first-order valence-corrected chi connectivity index (χ1v) is 9.11. The summed E-state index contributed by atoms with van der Waals surface area (Å²) >= 11 is 0. The molecule has 1 saturated heterocycles. The van der Waals surface area contributed by atoms with Gasteiger partial charge in [-0.1, -0.05) is 18.2 Å². The zero-order valence-electron chi connectivity index (χ0n) is 15.8. The van der Waals surface area contributed by atoms with Crippen LogP contribution < -0.4 is 4.90 Å². The molecule has 31 heavy (non-hydrogen) atoms. The Hall–Kier alpha value is -4.40. The zero-order valence-corrected chi connectivity index (χ0v) is 15.8. The molecular formula is C22H14FN3O5. The lowest BCUT2D eigenvalue weighted by Crippen LogP contribution is -2.30. The lowest BCUT2D eigenvalue weighted by Gasteiger charge is -2.24. The van der Waals surface area contributed by atoms with Crippen LogP contribution in [-0.2, 0) is 9.59 Å². The van der Waals surface area contributed by atoms with Crippen molar-refractivity contribution < 1.29 is 24.0 Å². The first-order valence-electron chi connectivity index (χ1n) is 9.11. The molecule has 1 aromatic heterocycles. The molecule has 0 saturated carbocycles. The molecule has 1 unspecified atom stereocenters. The Morgan fingerprint density at radius 2 is 1.71 bits per heavy atom. The van der Waals surface area contributed by atoms with Crippen molar-refractivity contribution in [3.8, 4) is 0 Å². The first-order chi connectivity index (χ1) is 14.9. The quantitative estimate of drug-likeness (QED) is 0.226. The highest BCUT2D eigenvalue weighted by molar-refractivity contribution is 6.51. The lowest BCUT2D eigenvalue weighted by molar-refractivity contribution is -0.384. The van der Waals surface area contributed by atoms with E-state index in [2.05, 4.69) is 4.98 Å². The van der Waals surface area contributed by atoms with Gasteiger partial charge in [-0.05, 0) is 42.0 Å². The highest BCUT2D eigenvalue weighted by Crippen LogP contribution is 2.41. The van der Waals surface area contributed by atoms with Gasteiger partial charge in [0.05, 0.1) is 16.5 Å². The number of halogens is 1. The van der Waals surface area contributed by atoms with Crippen LogP contribution >= 0.6 is 0 Å². The number of aliphatic hydroxyl groups is 1. The van der Waals surface area contributed by atoms with Gasteiger partial charge < -0.3 is 5.11 Å². The van der Waals surface area contributed by atoms with Crippen LogP contribution in [0.4, 0.5) is 15.9 Å². The lowest BCUT2D eigenvalue weighted by atomic mass is 9.95. The average molecular weight is 419 g/mol. The van der Waals surface area contributed by atoms with Crippen molar-refractivity contribution in [2.75, 3.05) is 4.90 Å². The van der Waals surface area contributed by atoms with E-state index in [1.165, 1.54) is 60.8 Å². The standard InChI is InChI=1S/C22H14FN3O5/c23-15-8-4-13(5-9-15)19-18(20(27)14-6-10-16(11-7-14)26(30)31)21(28)22(29)25(19)17-3-1-2-12-24-17/h1-12,19,27H. The summed E-state index contributed by atoms with van der Waals surface area (Å²) in [5.41, 5.74) is 0.0862. The van der Waals surface area contributed by atoms with E-state index in [0.717, 1.165) is 4.90 Å². The summed E-state index contributed by atoms with van der Waals surface area (Å²) in [5.74, 6) is -2.68. The molecule has 0 spiro atoms. The maximum atomic E-state index is 13.5. The van der Waals surface area contributed by atoms with Gasteiger partial charge in [0, 0.05) is 23.9 Å². The number of carbonyl (C=O) groups is 2. The number of nitro groups is 1. The molecule has 9 heteroatoms. The van der Waals surface area contributed by atoms with Crippen molar-refractivity contribution in [1.82, 2.24) is 4.98 Å². The number of rotatable bonds is 4. The van der Waals surface area contributed by atoms with E-state index in [-0.39, 0.29) is 22.6 Å². The third-order valence-corrected chi connectivity index (χ3v) is 4.88. The van der Waals surface area contributed by atoms with Crippen LogP contribution in [0.1, 0.15) is 17.2 Å². The third kappa shape index (κ3) is 3.52. The van der Waals surface area contributed by atoms with Crippen molar-refractivity contribution in [1.29, 1.82) is 0 Å². The largest absolute Gasteiger partial charge is 0.507 e. The van der Waals surface area contributed by atoms with Gasteiger partial charge in [0.25, 0.3) is 11.5 Å². The maximum Gasteiger partial charge on any atom is 0.301 e. The molecule has 1 N–H and O–H groups in total. The smallest absolute Gasteiger partial charge is 0.301 e. The van der Waals surface area contributed by atoms with Gasteiger partial charge in [-0.25, -0.2) is 9.37 Å². The maximum absolute atomic E-state index is 13.5. The number of non-ortho nitro benzene ring substituents is 1. The molecule has 1 aliphatic rings. The van der Waals surface area contributed by atoms with E-state index in [1.54, 1.807) is 12.1 Å². The number of amides is 1. The van der Waals surface area contributed by atoms with E-state index >= 15 is 0 Å². The average Bonchev–Trinajstić information content (AvgIpc) is 3.05. The summed E-state index contributed by atoms with van der Waals surface area (Å²) in [6, 6.07) is 13.8. The van der Waals surface area contributed by atoms with Crippen molar-refractivity contribution in [2.45, 2.75) is 6.04 Å². The number of ketones is 1. The number of pyridine rings is 1. The fourth-order valence-corrected chi connectivity index (χ4v) is 3.42. The van der Waals surface area contributed by atoms with Gasteiger partial charge in [0.1, 0.15) is 17.4 Å². The molecule has 8 nitrogen and oxygen atoms in total. The van der Waals surface area contributed by atoms with Gasteiger partial charge in [0.15, 0.2) is 0 Å². The van der Waals surface area contributed by atoms with Gasteiger partial charge in [0.2, 0.25) is 0 Å². The second kappa shape index (κ2) is 7.79. The minimum Gasteiger partial charge on any atom is -0.507 e. The number of benzene rings is 2. The normalized spacial score (nSPS) is 17.7. The number of nitro benzene ring substituents is 1. The van der Waals surface area contributed by atoms with Crippen LogP contribution in [0.2, 0.25) is 0 Å². The van der Waals surface area contributed by atoms with Crippen molar-refractivity contribution in [3.05, 3.63) is 106 Å². The summed E-state index contributed by atoms with van der Waals surface area (Å²) in [6.07, 6.45) is 1.45. The Balaban J connectivity index is 1.91. The SMILES string of the molecule is O=C1C(=O)N(c2ccccn2)C(c2ccc(F)cc2)C1=C(O)c1ccc([N+](=O)[O-])cc1. The van der Waals surface area contributed by atoms with Crippen LogP contribution in [-0.4, -0.2) is 26.7 Å². The Kier molecular flexibility index (Phi) is 5.00. The molecule has 1 aliphatic heterocycles. The number of carbonyl (C=O) groups excluding carboxylic acids is 2. The molecule has 4 rings (SSSR count). The molecule has 1 fully saturated rings. The van der Waals surface area contributed by atoms with E-state index in [9.17, 15) is 29.2 Å². The number of hydrogen-bond donors (Lipinski definition) is 1. The van der Waals surface area contributed by atoms with E-state index in [1.807, 2.05) is 0 Å². The van der Waals surface area contributed by atoms with Crippen molar-refractivity contribution in [3.63, 3.8) is 0 Å². The highest BCUT2D eigenvalue weighted by Gasteiger charge is 2.47. The van der Waals surface area contributed by atoms with Gasteiger partial charge in [-0.3, -0.25) is 24.6 Å². The van der Waals surface area contributed by atoms with E-state index in [0.29, 0.717) is 5.56 Å². The predicted molar refractivity (Wildman–Crippen MR) is 109 cm³/mol. The summed E-state index contributed by atoms with van der Waals surface area (Å²) in [6.45, 7) is 0. The zero-order chi connectivity index (χ0) is 22.1. The van der Waals surface area contributed by atoms with Gasteiger partial charge in [-0.2, -0.15) is 0 Å². The molecular weight excluding hydrogens is 405 g/mol. The predicted octanol–water partition coefficient (Wildman–Crippen LogP) is 3.76. The minimum absolute atomic E-state index is 0.122. The second-order valence-corrected chi connectivity index (χ2v) is 6.71. The number of hydrogen-bond acceptors (Lipinski definition) is 6. The van der Waals surface area contributed by atoms with Crippen LogP contribution in [0.15, 0.2) is 78.5 Å². The van der Waals surface area contributed by atoms with E-state index < -0.39 is 34.2 Å². The molecule has 154 valence electrons. The Morgan fingerprint density at radius 1 is 1.03 bits per heavy atom. The third-order valence-electron chi connectivity index (χ3n) is 4.88. The minimum atomic E-state index is -1.06. The fourth-order valence-electron chi connectivity index (χ4n) is 3.42. The molecule has 1 amide bonds. The molecule has 3 aromatic rings. The van der Waals surface area contributed by atoms with Crippen molar-refractivity contribution in [2.24, 2.45) is 0 Å². The first kappa shape index (κ1) is 19.9. The number of anilines is 1. The Morgan fingerprint density at radius 3 is 2.29 bits per heavy atom. The van der Waals surface area contributed by atoms with Crippen LogP contribution in [0.5, 0.6) is 0 Å². The van der Waals surface area contributed by atoms with Crippen LogP contribution in [0.25, 0.3) is 5.76 Å². The Bertz CT molecular complexity index is 1210. The molecule has 0 radical (unpaired) electrons. The van der Waals surface area contributed by atoms with Crippen LogP contribution in [0, 0.1) is 15.9 Å². The number of aromatic nitrogens is 1. The molecule has 1 atom stereocenters. The van der Waals surface area contributed by atoms with E-state index in [4.69, 9.17) is 0 Å². The summed E-state index contributed by atoms with van der Waals surface area (Å²) in [7, 11) is 0. The monoisotopic (exact) mass is 419 g/mol. The fraction of sp³-hybridized carbons (Fsp3) is 0.0455. The topological polar surface area (TPSA) is 114 Å². The number of aliphatic hydroxyl groups excluding tert-OH is 1. The second-order valence-electron chi connectivity index (χ2n) is 6.71.